The van der Waals surface area contributed by atoms with Gasteiger partial charge in [-0.1, -0.05) is 0 Å². The highest BCUT2D eigenvalue weighted by Crippen LogP contribution is 2.35. The van der Waals surface area contributed by atoms with Gasteiger partial charge in [0.25, 0.3) is 0 Å². The topological polar surface area (TPSA) is 164 Å². The van der Waals surface area contributed by atoms with Gasteiger partial charge in [-0.25, -0.2) is 14.4 Å². The van der Waals surface area contributed by atoms with Crippen molar-refractivity contribution in [2.45, 2.75) is 24.4 Å². The molecule has 0 spiro atoms. The van der Waals surface area contributed by atoms with Gasteiger partial charge in [-0.3, -0.25) is 0 Å². The molecule has 39 heavy (non-hydrogen) atoms. The van der Waals surface area contributed by atoms with Gasteiger partial charge >= 0.3 is 0 Å². The van der Waals surface area contributed by atoms with Gasteiger partial charge in [0.15, 0.2) is 11.5 Å². The number of benzene rings is 2. The SMILES string of the molecule is COc1cc2c(Nc3ccc(N4CCN(C)CC4)c(F)c3)ncnc2cc1OC[C@@H](O)[C@H](O)[C@@H](O)[C@H](O)CO. The van der Waals surface area contributed by atoms with Crippen molar-refractivity contribution in [1.29, 1.82) is 0 Å². The van der Waals surface area contributed by atoms with Crippen LogP contribution in [0, 0.1) is 5.82 Å². The number of aromatic nitrogens is 2. The van der Waals surface area contributed by atoms with Crippen molar-refractivity contribution in [3.63, 3.8) is 0 Å². The zero-order valence-electron chi connectivity index (χ0n) is 21.7. The van der Waals surface area contributed by atoms with Crippen molar-refractivity contribution in [1.82, 2.24) is 14.9 Å². The Kier molecular flexibility index (Phi) is 9.32. The summed E-state index contributed by atoms with van der Waals surface area (Å²) in [5, 5.41) is 52.1. The van der Waals surface area contributed by atoms with Crippen molar-refractivity contribution in [2.75, 3.05) is 63.8 Å². The smallest absolute Gasteiger partial charge is 0.163 e. The van der Waals surface area contributed by atoms with Crippen LogP contribution in [-0.4, -0.2) is 118 Å². The molecular weight excluding hydrogens is 513 g/mol. The number of rotatable bonds is 11. The number of piperazine rings is 1. The number of aliphatic hydroxyl groups excluding tert-OH is 5. The number of likely N-dealkylation sites (N-methyl/N-ethyl adjacent to an activating group) is 1. The van der Waals surface area contributed by atoms with Gasteiger partial charge in [0, 0.05) is 43.3 Å². The molecule has 1 aliphatic heterocycles. The second-order valence-corrected chi connectivity index (χ2v) is 9.43. The van der Waals surface area contributed by atoms with Crippen LogP contribution in [0.4, 0.5) is 21.6 Å². The minimum Gasteiger partial charge on any atom is -0.493 e. The molecule has 0 saturated carbocycles. The van der Waals surface area contributed by atoms with Gasteiger partial charge in [-0.15, -0.1) is 0 Å². The molecule has 12 nitrogen and oxygen atoms in total. The predicted octanol–water partition coefficient (Wildman–Crippen LogP) is 0.0876. The molecular formula is C26H34FN5O7. The Morgan fingerprint density at radius 3 is 2.36 bits per heavy atom. The predicted molar refractivity (Wildman–Crippen MR) is 142 cm³/mol. The van der Waals surface area contributed by atoms with E-state index in [0.717, 1.165) is 26.2 Å². The molecule has 0 amide bonds. The number of methoxy groups -OCH3 is 1. The molecule has 2 heterocycles. The molecule has 1 aromatic heterocycles. The average Bonchev–Trinajstić information content (AvgIpc) is 2.95. The van der Waals surface area contributed by atoms with Gasteiger partial charge in [-0.05, 0) is 31.3 Å². The number of ether oxygens (including phenoxy) is 2. The van der Waals surface area contributed by atoms with E-state index in [-0.39, 0.29) is 17.3 Å². The number of hydrogen-bond donors (Lipinski definition) is 6. The molecule has 4 atom stereocenters. The zero-order chi connectivity index (χ0) is 28.1. The number of aliphatic hydroxyl groups is 5. The molecule has 0 aliphatic carbocycles. The van der Waals surface area contributed by atoms with Crippen LogP contribution in [0.5, 0.6) is 11.5 Å². The zero-order valence-corrected chi connectivity index (χ0v) is 21.7. The number of halogens is 1. The second-order valence-electron chi connectivity index (χ2n) is 9.43. The summed E-state index contributed by atoms with van der Waals surface area (Å²) in [4.78, 5) is 12.8. The quantitative estimate of drug-likeness (QED) is 0.192. The van der Waals surface area contributed by atoms with Crippen LogP contribution in [0.1, 0.15) is 0 Å². The van der Waals surface area contributed by atoms with Crippen molar-refractivity contribution < 1.29 is 39.4 Å². The molecule has 13 heteroatoms. The van der Waals surface area contributed by atoms with Gasteiger partial charge in [-0.2, -0.15) is 0 Å². The molecule has 212 valence electrons. The summed E-state index contributed by atoms with van der Waals surface area (Å²) >= 11 is 0. The van der Waals surface area contributed by atoms with Gasteiger partial charge in [0.05, 0.1) is 24.9 Å². The van der Waals surface area contributed by atoms with Gasteiger partial charge < -0.3 is 50.1 Å². The second kappa shape index (κ2) is 12.7. The maximum Gasteiger partial charge on any atom is 0.163 e. The molecule has 0 unspecified atom stereocenters. The standard InChI is InChI=1S/C26H34FN5O7/c1-31-5-7-32(8-6-31)19-4-3-15(9-17(19)27)30-26-16-10-22(38-2)23(11-18(16)28-14-29-26)39-13-21(35)25(37)24(36)20(34)12-33/h3-4,9-11,14,20-21,24-25,33-37H,5-8,12-13H2,1-2H3,(H,28,29,30)/t20-,21-,24+,25+/m1/s1. The van der Waals surface area contributed by atoms with Crippen LogP contribution in [0.2, 0.25) is 0 Å². The van der Waals surface area contributed by atoms with Crippen LogP contribution < -0.4 is 19.7 Å². The molecule has 1 aliphatic rings. The highest BCUT2D eigenvalue weighted by Gasteiger charge is 2.30. The average molecular weight is 548 g/mol. The first-order chi connectivity index (χ1) is 18.7. The number of anilines is 3. The summed E-state index contributed by atoms with van der Waals surface area (Å²) in [6.07, 6.45) is -5.40. The molecule has 4 rings (SSSR count). The normalized spacial score (nSPS) is 17.5. The highest BCUT2D eigenvalue weighted by molar-refractivity contribution is 5.93. The first-order valence-electron chi connectivity index (χ1n) is 12.5. The number of nitrogens with one attached hydrogen (secondary N) is 1. The van der Waals surface area contributed by atoms with Gasteiger partial charge in [0.1, 0.15) is 49.0 Å². The number of fused-ring (bicyclic) bond motifs is 1. The number of hydrogen-bond acceptors (Lipinski definition) is 12. The van der Waals surface area contributed by atoms with Crippen LogP contribution in [0.25, 0.3) is 10.9 Å². The van der Waals surface area contributed by atoms with E-state index in [0.29, 0.717) is 28.1 Å². The monoisotopic (exact) mass is 547 g/mol. The summed E-state index contributed by atoms with van der Waals surface area (Å²) < 4.78 is 26.0. The maximum absolute atomic E-state index is 15.0. The van der Waals surface area contributed by atoms with E-state index in [1.54, 1.807) is 24.3 Å². The maximum atomic E-state index is 15.0. The van der Waals surface area contributed by atoms with Crippen LogP contribution in [-0.2, 0) is 0 Å². The van der Waals surface area contributed by atoms with Crippen LogP contribution in [0.15, 0.2) is 36.7 Å². The molecule has 2 aromatic carbocycles. The van der Waals surface area contributed by atoms with Crippen molar-refractivity contribution in [2.24, 2.45) is 0 Å². The Bertz CT molecular complexity index is 1260. The van der Waals surface area contributed by atoms with Crippen molar-refractivity contribution in [3.05, 3.63) is 42.5 Å². The molecule has 0 radical (unpaired) electrons. The molecule has 1 fully saturated rings. The Balaban J connectivity index is 1.51. The summed E-state index contributed by atoms with van der Waals surface area (Å²) in [5.74, 6) is 0.539. The lowest BCUT2D eigenvalue weighted by molar-refractivity contribution is -0.121. The van der Waals surface area contributed by atoms with Crippen molar-refractivity contribution in [3.8, 4) is 11.5 Å². The fourth-order valence-corrected chi connectivity index (χ4v) is 4.30. The van der Waals surface area contributed by atoms with Crippen molar-refractivity contribution >= 4 is 28.1 Å². The fraction of sp³-hybridized carbons (Fsp3) is 0.462. The minimum absolute atomic E-state index is 0.195. The summed E-state index contributed by atoms with van der Waals surface area (Å²) in [7, 11) is 3.47. The summed E-state index contributed by atoms with van der Waals surface area (Å²) in [6.45, 7) is 2.01. The third kappa shape index (κ3) is 6.64. The molecule has 3 aromatic rings. The molecule has 0 bridgehead atoms. The Labute approximate surface area is 224 Å². The first kappa shape index (κ1) is 28.7. The van der Waals surface area contributed by atoms with E-state index in [4.69, 9.17) is 14.6 Å². The summed E-state index contributed by atoms with van der Waals surface area (Å²) in [5.41, 5.74) is 1.52. The fourth-order valence-electron chi connectivity index (χ4n) is 4.30. The lowest BCUT2D eigenvalue weighted by atomic mass is 10.0. The van der Waals surface area contributed by atoms with E-state index in [1.165, 1.54) is 19.5 Å². The third-order valence-electron chi connectivity index (χ3n) is 6.71. The Morgan fingerprint density at radius 1 is 0.974 bits per heavy atom. The van der Waals surface area contributed by atoms with E-state index in [2.05, 4.69) is 20.2 Å². The minimum atomic E-state index is -1.77. The first-order valence-corrected chi connectivity index (χ1v) is 12.5. The van der Waals surface area contributed by atoms with Crippen LogP contribution in [0.3, 0.4) is 0 Å². The largest absolute Gasteiger partial charge is 0.493 e. The Hall–Kier alpha value is -3.33. The molecule has 1 saturated heterocycles. The lowest BCUT2D eigenvalue weighted by Gasteiger charge is -2.34. The molecule has 6 N–H and O–H groups in total. The van der Waals surface area contributed by atoms with Crippen LogP contribution >= 0.6 is 0 Å². The summed E-state index contributed by atoms with van der Waals surface area (Å²) in [6, 6.07) is 8.12. The van der Waals surface area contributed by atoms with E-state index in [9.17, 15) is 24.8 Å². The van der Waals surface area contributed by atoms with E-state index < -0.39 is 37.6 Å². The highest BCUT2D eigenvalue weighted by atomic mass is 19.1. The van der Waals surface area contributed by atoms with E-state index in [1.807, 2.05) is 11.9 Å². The third-order valence-corrected chi connectivity index (χ3v) is 6.71. The number of nitrogens with zero attached hydrogens (tertiary/aromatic N) is 4. The lowest BCUT2D eigenvalue weighted by Crippen LogP contribution is -2.47. The van der Waals surface area contributed by atoms with Gasteiger partial charge in [0.2, 0.25) is 0 Å². The Morgan fingerprint density at radius 2 is 1.69 bits per heavy atom. The van der Waals surface area contributed by atoms with E-state index >= 15 is 0 Å².